The molecule has 21 heavy (non-hydrogen) atoms. The molecule has 1 saturated carbocycles. The van der Waals surface area contributed by atoms with Gasteiger partial charge in [0.25, 0.3) is 0 Å². The highest BCUT2D eigenvalue weighted by molar-refractivity contribution is 5.95. The van der Waals surface area contributed by atoms with Crippen LogP contribution < -0.4 is 4.90 Å². The first kappa shape index (κ1) is 14.1. The van der Waals surface area contributed by atoms with Crippen LogP contribution in [0.3, 0.4) is 0 Å². The Morgan fingerprint density at radius 2 is 2.00 bits per heavy atom. The van der Waals surface area contributed by atoms with Crippen LogP contribution in [0.1, 0.15) is 43.0 Å². The molecule has 2 fully saturated rings. The number of amides is 1. The maximum Gasteiger partial charge on any atom is 0.338 e. The summed E-state index contributed by atoms with van der Waals surface area (Å²) in [5.74, 6) is 1.12. The number of piperidine rings is 1. The van der Waals surface area contributed by atoms with E-state index in [1.165, 1.54) is 0 Å². The predicted molar refractivity (Wildman–Crippen MR) is 80.2 cm³/mol. The maximum atomic E-state index is 11.9. The molecule has 0 aromatic heterocycles. The normalized spacial score (nSPS) is 24.8. The Kier molecular flexibility index (Phi) is 3.95. The third-order valence-corrected chi connectivity index (χ3v) is 4.44. The lowest BCUT2D eigenvalue weighted by Crippen LogP contribution is -2.35. The van der Waals surface area contributed by atoms with Crippen LogP contribution in [0, 0.1) is 11.8 Å². The zero-order valence-electron chi connectivity index (χ0n) is 12.4. The minimum Gasteiger partial charge on any atom is -0.462 e. The number of carbonyl (C=O) groups is 2. The van der Waals surface area contributed by atoms with Crippen LogP contribution in [0.4, 0.5) is 5.69 Å². The number of hydrogen-bond donors (Lipinski definition) is 0. The highest BCUT2D eigenvalue weighted by atomic mass is 16.5. The van der Waals surface area contributed by atoms with Gasteiger partial charge >= 0.3 is 5.97 Å². The van der Waals surface area contributed by atoms with Crippen LogP contribution in [0.2, 0.25) is 0 Å². The Labute approximate surface area is 125 Å². The van der Waals surface area contributed by atoms with Crippen molar-refractivity contribution < 1.29 is 14.3 Å². The second-order valence-electron chi connectivity index (χ2n) is 6.12. The van der Waals surface area contributed by atoms with Crippen molar-refractivity contribution in [2.45, 2.75) is 32.6 Å². The van der Waals surface area contributed by atoms with Crippen LogP contribution in [-0.4, -0.2) is 25.0 Å². The largest absolute Gasteiger partial charge is 0.462 e. The number of nitrogens with zero attached hydrogens (tertiary/aromatic N) is 1. The third kappa shape index (κ3) is 3.26. The van der Waals surface area contributed by atoms with Gasteiger partial charge in [-0.1, -0.05) is 6.92 Å². The number of ether oxygens (including phenoxy) is 1. The van der Waals surface area contributed by atoms with Gasteiger partial charge in [-0.05, 0) is 55.4 Å². The summed E-state index contributed by atoms with van der Waals surface area (Å²) in [5, 5.41) is 0. The van der Waals surface area contributed by atoms with Crippen LogP contribution in [0.5, 0.6) is 0 Å². The summed E-state index contributed by atoms with van der Waals surface area (Å²) in [4.78, 5) is 25.6. The van der Waals surface area contributed by atoms with Gasteiger partial charge in [-0.2, -0.15) is 0 Å². The lowest BCUT2D eigenvalue weighted by molar-refractivity contribution is -0.119. The van der Waals surface area contributed by atoms with Gasteiger partial charge in [0, 0.05) is 18.7 Å². The summed E-state index contributed by atoms with van der Waals surface area (Å²) in [6.07, 6.45) is 3.78. The van der Waals surface area contributed by atoms with Gasteiger partial charge in [0.05, 0.1) is 12.2 Å². The molecule has 2 atom stereocenters. The molecule has 0 bridgehead atoms. The first-order valence-corrected chi connectivity index (χ1v) is 7.72. The zero-order chi connectivity index (χ0) is 14.8. The van der Waals surface area contributed by atoms with Crippen LogP contribution in [0.15, 0.2) is 24.3 Å². The highest BCUT2D eigenvalue weighted by Gasteiger charge is 2.33. The average Bonchev–Trinajstić information content (AvgIpc) is 3.21. The molecular weight excluding hydrogens is 266 g/mol. The molecule has 1 aromatic carbocycles. The molecule has 0 spiro atoms. The van der Waals surface area contributed by atoms with Crippen LogP contribution in [0.25, 0.3) is 0 Å². The van der Waals surface area contributed by atoms with E-state index in [2.05, 4.69) is 6.92 Å². The Balaban J connectivity index is 1.60. The number of anilines is 1. The molecule has 1 amide bonds. The fourth-order valence-electron chi connectivity index (χ4n) is 2.75. The van der Waals surface area contributed by atoms with Gasteiger partial charge in [0.2, 0.25) is 5.91 Å². The van der Waals surface area contributed by atoms with Crippen molar-refractivity contribution in [3.8, 4) is 0 Å². The molecule has 1 heterocycles. The van der Waals surface area contributed by atoms with E-state index in [9.17, 15) is 9.59 Å². The molecule has 1 aliphatic carbocycles. The number of esters is 1. The second kappa shape index (κ2) is 5.88. The number of carbonyl (C=O) groups excluding carboxylic acids is 2. The molecule has 4 heteroatoms. The minimum atomic E-state index is -0.273. The van der Waals surface area contributed by atoms with E-state index < -0.39 is 0 Å². The molecule has 3 rings (SSSR count). The number of rotatable bonds is 4. The van der Waals surface area contributed by atoms with E-state index in [1.54, 1.807) is 17.0 Å². The second-order valence-corrected chi connectivity index (χ2v) is 6.12. The third-order valence-electron chi connectivity index (χ3n) is 4.44. The van der Waals surface area contributed by atoms with Crippen molar-refractivity contribution in [1.82, 2.24) is 0 Å². The Bertz CT molecular complexity index is 537. The van der Waals surface area contributed by atoms with E-state index >= 15 is 0 Å². The van der Waals surface area contributed by atoms with E-state index in [1.807, 2.05) is 12.1 Å². The summed E-state index contributed by atoms with van der Waals surface area (Å²) >= 11 is 0. The molecule has 112 valence electrons. The molecule has 0 N–H and O–H groups in total. The minimum absolute atomic E-state index is 0.166. The van der Waals surface area contributed by atoms with Crippen molar-refractivity contribution in [2.24, 2.45) is 11.8 Å². The summed E-state index contributed by atoms with van der Waals surface area (Å²) in [5.41, 5.74) is 1.42. The molecule has 1 aromatic rings. The summed E-state index contributed by atoms with van der Waals surface area (Å²) in [7, 11) is 0. The summed E-state index contributed by atoms with van der Waals surface area (Å²) < 4.78 is 5.31. The Hall–Kier alpha value is -1.84. The smallest absolute Gasteiger partial charge is 0.338 e. The first-order chi connectivity index (χ1) is 10.1. The summed E-state index contributed by atoms with van der Waals surface area (Å²) in [6, 6.07) is 7.16. The fourth-order valence-corrected chi connectivity index (χ4v) is 2.75. The van der Waals surface area contributed by atoms with E-state index in [-0.39, 0.29) is 11.9 Å². The lowest BCUT2D eigenvalue weighted by atomic mass is 10.1. The van der Waals surface area contributed by atoms with Crippen molar-refractivity contribution in [3.63, 3.8) is 0 Å². The summed E-state index contributed by atoms with van der Waals surface area (Å²) in [6.45, 7) is 3.46. The van der Waals surface area contributed by atoms with Gasteiger partial charge in [0.1, 0.15) is 0 Å². The van der Waals surface area contributed by atoms with Crippen molar-refractivity contribution in [2.75, 3.05) is 18.1 Å². The number of benzene rings is 1. The topological polar surface area (TPSA) is 46.6 Å². The van der Waals surface area contributed by atoms with E-state index in [0.717, 1.165) is 31.5 Å². The zero-order valence-corrected chi connectivity index (χ0v) is 12.4. The van der Waals surface area contributed by atoms with Crippen molar-refractivity contribution in [3.05, 3.63) is 29.8 Å². The van der Waals surface area contributed by atoms with Gasteiger partial charge in [0.15, 0.2) is 0 Å². The molecule has 1 saturated heterocycles. The Morgan fingerprint density at radius 1 is 1.29 bits per heavy atom. The fraction of sp³-hybridized carbons (Fsp3) is 0.529. The molecule has 1 aliphatic heterocycles. The van der Waals surface area contributed by atoms with E-state index in [4.69, 9.17) is 4.74 Å². The highest BCUT2D eigenvalue weighted by Crippen LogP contribution is 2.37. The Morgan fingerprint density at radius 3 is 2.62 bits per heavy atom. The molecular formula is C17H21NO3. The lowest BCUT2D eigenvalue weighted by Gasteiger charge is -2.26. The van der Waals surface area contributed by atoms with Crippen LogP contribution in [-0.2, 0) is 9.53 Å². The van der Waals surface area contributed by atoms with Crippen molar-refractivity contribution >= 4 is 17.6 Å². The van der Waals surface area contributed by atoms with Crippen LogP contribution >= 0.6 is 0 Å². The quantitative estimate of drug-likeness (QED) is 0.800. The predicted octanol–water partition coefficient (Wildman–Crippen LogP) is 3.02. The first-order valence-electron chi connectivity index (χ1n) is 7.72. The van der Waals surface area contributed by atoms with Gasteiger partial charge in [-0.25, -0.2) is 4.79 Å². The maximum absolute atomic E-state index is 11.9. The van der Waals surface area contributed by atoms with Gasteiger partial charge in [-0.3, -0.25) is 4.79 Å². The average molecular weight is 287 g/mol. The van der Waals surface area contributed by atoms with E-state index in [0.29, 0.717) is 30.4 Å². The van der Waals surface area contributed by atoms with Crippen molar-refractivity contribution in [1.29, 1.82) is 0 Å². The van der Waals surface area contributed by atoms with Gasteiger partial charge < -0.3 is 9.64 Å². The molecule has 4 nitrogen and oxygen atoms in total. The monoisotopic (exact) mass is 287 g/mol. The number of hydrogen-bond acceptors (Lipinski definition) is 3. The molecule has 0 radical (unpaired) electrons. The SMILES string of the molecule is CC1CC1COC(=O)c1ccc(N2CCCCC2=O)cc1. The standard InChI is InChI=1S/C17H21NO3/c1-12-10-14(12)11-21-17(20)13-5-7-15(8-6-13)18-9-3-2-4-16(18)19/h5-8,12,14H,2-4,9-11H2,1H3. The molecule has 2 aliphatic rings. The van der Waals surface area contributed by atoms with Gasteiger partial charge in [-0.15, -0.1) is 0 Å². The molecule has 2 unspecified atom stereocenters.